The number of rotatable bonds is 3. The number of hydrogen-bond donors (Lipinski definition) is 0. The lowest BCUT2D eigenvalue weighted by Crippen LogP contribution is -2.22. The summed E-state index contributed by atoms with van der Waals surface area (Å²) in [5.74, 6) is 0.489. The van der Waals surface area contributed by atoms with Crippen molar-refractivity contribution >= 4 is 16.8 Å². The molecule has 0 spiro atoms. The number of ether oxygens (including phenoxy) is 1. The van der Waals surface area contributed by atoms with Crippen LogP contribution in [-0.2, 0) is 4.74 Å². The van der Waals surface area contributed by atoms with E-state index in [2.05, 4.69) is 0 Å². The van der Waals surface area contributed by atoms with Gasteiger partial charge in [0.2, 0.25) is 5.78 Å². The molecule has 2 aromatic rings. The Morgan fingerprint density at radius 2 is 2.17 bits per heavy atom. The van der Waals surface area contributed by atoms with Crippen LogP contribution in [0.1, 0.15) is 36.2 Å². The molecule has 3 heteroatoms. The highest BCUT2D eigenvalue weighted by Gasteiger charge is 2.20. The molecular formula is C15H16O3. The highest BCUT2D eigenvalue weighted by molar-refractivity contribution is 5.97. The minimum atomic E-state index is 0.0399. The van der Waals surface area contributed by atoms with Crippen molar-refractivity contribution in [3.8, 4) is 0 Å². The fourth-order valence-electron chi connectivity index (χ4n) is 2.40. The SMILES string of the molecule is O=C(CC1CCCCO1)c1cc2ccccc2o1. The van der Waals surface area contributed by atoms with Crippen LogP contribution in [0, 0.1) is 0 Å². The van der Waals surface area contributed by atoms with Crippen molar-refractivity contribution in [2.75, 3.05) is 6.61 Å². The van der Waals surface area contributed by atoms with Crippen molar-refractivity contribution in [1.29, 1.82) is 0 Å². The van der Waals surface area contributed by atoms with Crippen molar-refractivity contribution in [2.24, 2.45) is 0 Å². The third-order valence-electron chi connectivity index (χ3n) is 3.39. The van der Waals surface area contributed by atoms with Crippen LogP contribution < -0.4 is 0 Å². The molecule has 3 rings (SSSR count). The summed E-state index contributed by atoms with van der Waals surface area (Å²) in [6.07, 6.45) is 3.73. The Bertz CT molecular complexity index is 517. The highest BCUT2D eigenvalue weighted by Crippen LogP contribution is 2.22. The smallest absolute Gasteiger partial charge is 0.200 e. The predicted octanol–water partition coefficient (Wildman–Crippen LogP) is 3.57. The second-order valence-electron chi connectivity index (χ2n) is 4.76. The third kappa shape index (κ3) is 2.31. The molecule has 0 aliphatic carbocycles. The number of furan rings is 1. The van der Waals surface area contributed by atoms with Crippen molar-refractivity contribution in [3.05, 3.63) is 36.1 Å². The fraction of sp³-hybridized carbons (Fsp3) is 0.400. The van der Waals surface area contributed by atoms with Gasteiger partial charge in [-0.15, -0.1) is 0 Å². The van der Waals surface area contributed by atoms with Gasteiger partial charge in [0.05, 0.1) is 6.10 Å². The molecule has 0 N–H and O–H groups in total. The van der Waals surface area contributed by atoms with Crippen LogP contribution in [0.3, 0.4) is 0 Å². The number of benzene rings is 1. The molecule has 0 saturated carbocycles. The van der Waals surface area contributed by atoms with E-state index in [4.69, 9.17) is 9.15 Å². The predicted molar refractivity (Wildman–Crippen MR) is 68.8 cm³/mol. The lowest BCUT2D eigenvalue weighted by atomic mass is 10.0. The fourth-order valence-corrected chi connectivity index (χ4v) is 2.40. The van der Waals surface area contributed by atoms with Crippen LogP contribution in [0.25, 0.3) is 11.0 Å². The zero-order chi connectivity index (χ0) is 12.4. The van der Waals surface area contributed by atoms with E-state index in [1.165, 1.54) is 0 Å². The maximum atomic E-state index is 12.1. The standard InChI is InChI=1S/C15H16O3/c16-13(10-12-6-3-4-8-17-12)15-9-11-5-1-2-7-14(11)18-15/h1-2,5,7,9,12H,3-4,6,8,10H2. The van der Waals surface area contributed by atoms with Gasteiger partial charge in [0.1, 0.15) is 5.58 Å². The first-order chi connectivity index (χ1) is 8.83. The number of carbonyl (C=O) groups excluding carboxylic acids is 1. The van der Waals surface area contributed by atoms with Crippen LogP contribution in [0.4, 0.5) is 0 Å². The number of hydrogen-bond acceptors (Lipinski definition) is 3. The van der Waals surface area contributed by atoms with Gasteiger partial charge in [-0.1, -0.05) is 18.2 Å². The topological polar surface area (TPSA) is 39.4 Å². The zero-order valence-corrected chi connectivity index (χ0v) is 10.2. The molecular weight excluding hydrogens is 228 g/mol. The number of Topliss-reactive ketones (excluding diaryl/α,β-unsaturated/α-hetero) is 1. The first kappa shape index (κ1) is 11.5. The third-order valence-corrected chi connectivity index (χ3v) is 3.39. The van der Waals surface area contributed by atoms with Gasteiger partial charge in [-0.2, -0.15) is 0 Å². The quantitative estimate of drug-likeness (QED) is 0.775. The first-order valence-electron chi connectivity index (χ1n) is 6.46. The van der Waals surface area contributed by atoms with Gasteiger partial charge in [-0.05, 0) is 31.4 Å². The molecule has 0 radical (unpaired) electrons. The van der Waals surface area contributed by atoms with Crippen molar-refractivity contribution in [1.82, 2.24) is 0 Å². The average Bonchev–Trinajstić information content (AvgIpc) is 2.84. The molecule has 1 unspecified atom stereocenters. The van der Waals surface area contributed by atoms with E-state index in [0.717, 1.165) is 36.8 Å². The molecule has 3 nitrogen and oxygen atoms in total. The van der Waals surface area contributed by atoms with E-state index >= 15 is 0 Å². The minimum Gasteiger partial charge on any atom is -0.453 e. The Hall–Kier alpha value is -1.61. The van der Waals surface area contributed by atoms with Crippen molar-refractivity contribution in [2.45, 2.75) is 31.8 Å². The number of fused-ring (bicyclic) bond motifs is 1. The summed E-state index contributed by atoms with van der Waals surface area (Å²) in [5, 5.41) is 0.977. The first-order valence-corrected chi connectivity index (χ1v) is 6.46. The van der Waals surface area contributed by atoms with Crippen LogP contribution in [0.2, 0.25) is 0 Å². The number of para-hydroxylation sites is 1. The van der Waals surface area contributed by atoms with E-state index in [0.29, 0.717) is 12.2 Å². The minimum absolute atomic E-state index is 0.0399. The van der Waals surface area contributed by atoms with Crippen molar-refractivity contribution in [3.63, 3.8) is 0 Å². The van der Waals surface area contributed by atoms with Crippen LogP contribution in [-0.4, -0.2) is 18.5 Å². The Morgan fingerprint density at radius 1 is 1.28 bits per heavy atom. The monoisotopic (exact) mass is 244 g/mol. The van der Waals surface area contributed by atoms with Crippen LogP contribution in [0.5, 0.6) is 0 Å². The molecule has 0 bridgehead atoms. The molecule has 1 fully saturated rings. The summed E-state index contributed by atoms with van der Waals surface area (Å²) < 4.78 is 11.1. The maximum Gasteiger partial charge on any atom is 0.200 e. The van der Waals surface area contributed by atoms with E-state index in [-0.39, 0.29) is 11.9 Å². The summed E-state index contributed by atoms with van der Waals surface area (Å²) in [6, 6.07) is 9.50. The summed E-state index contributed by atoms with van der Waals surface area (Å²) in [7, 11) is 0. The van der Waals surface area contributed by atoms with Gasteiger partial charge >= 0.3 is 0 Å². The second kappa shape index (κ2) is 4.94. The number of carbonyl (C=O) groups is 1. The van der Waals surface area contributed by atoms with Gasteiger partial charge in [0.15, 0.2) is 5.76 Å². The van der Waals surface area contributed by atoms with E-state index < -0.39 is 0 Å². The lowest BCUT2D eigenvalue weighted by Gasteiger charge is -2.21. The van der Waals surface area contributed by atoms with Gasteiger partial charge < -0.3 is 9.15 Å². The van der Waals surface area contributed by atoms with Gasteiger partial charge in [-0.25, -0.2) is 0 Å². The molecule has 0 amide bonds. The Labute approximate surface area is 106 Å². The molecule has 1 aliphatic rings. The van der Waals surface area contributed by atoms with E-state index in [9.17, 15) is 4.79 Å². The Morgan fingerprint density at radius 3 is 2.94 bits per heavy atom. The molecule has 18 heavy (non-hydrogen) atoms. The molecule has 1 aliphatic heterocycles. The summed E-state index contributed by atoms with van der Waals surface area (Å²) in [5.41, 5.74) is 0.769. The maximum absolute atomic E-state index is 12.1. The van der Waals surface area contributed by atoms with Crippen molar-refractivity contribution < 1.29 is 13.9 Å². The highest BCUT2D eigenvalue weighted by atomic mass is 16.5. The molecule has 2 heterocycles. The number of ketones is 1. The van der Waals surface area contributed by atoms with Gasteiger partial charge in [-0.3, -0.25) is 4.79 Å². The Balaban J connectivity index is 1.74. The zero-order valence-electron chi connectivity index (χ0n) is 10.2. The molecule has 1 saturated heterocycles. The molecule has 94 valence electrons. The van der Waals surface area contributed by atoms with E-state index in [1.54, 1.807) is 0 Å². The van der Waals surface area contributed by atoms with Crippen LogP contribution >= 0.6 is 0 Å². The Kier molecular flexibility index (Phi) is 3.15. The lowest BCUT2D eigenvalue weighted by molar-refractivity contribution is 0.0123. The van der Waals surface area contributed by atoms with E-state index in [1.807, 2.05) is 30.3 Å². The van der Waals surface area contributed by atoms with Crippen LogP contribution in [0.15, 0.2) is 34.7 Å². The summed E-state index contributed by atoms with van der Waals surface area (Å²) >= 11 is 0. The summed E-state index contributed by atoms with van der Waals surface area (Å²) in [6.45, 7) is 0.776. The normalized spacial score (nSPS) is 20.1. The second-order valence-corrected chi connectivity index (χ2v) is 4.76. The summed E-state index contributed by atoms with van der Waals surface area (Å²) in [4.78, 5) is 12.1. The molecule has 1 aromatic heterocycles. The average molecular weight is 244 g/mol. The van der Waals surface area contributed by atoms with Gasteiger partial charge in [0, 0.05) is 18.4 Å². The molecule has 1 atom stereocenters. The van der Waals surface area contributed by atoms with Gasteiger partial charge in [0.25, 0.3) is 0 Å². The largest absolute Gasteiger partial charge is 0.453 e. The molecule has 1 aromatic carbocycles.